The van der Waals surface area contributed by atoms with Gasteiger partial charge in [0.2, 0.25) is 0 Å². The van der Waals surface area contributed by atoms with Gasteiger partial charge in [-0.25, -0.2) is 8.78 Å². The van der Waals surface area contributed by atoms with Gasteiger partial charge in [0, 0.05) is 17.7 Å². The third kappa shape index (κ3) is 3.63. The van der Waals surface area contributed by atoms with E-state index < -0.39 is 11.5 Å². The van der Waals surface area contributed by atoms with Gasteiger partial charge >= 0.3 is 0 Å². The van der Waals surface area contributed by atoms with Gasteiger partial charge in [-0.2, -0.15) is 0 Å². The van der Waals surface area contributed by atoms with E-state index in [4.69, 9.17) is 22.1 Å². The zero-order valence-electron chi connectivity index (χ0n) is 9.68. The van der Waals surface area contributed by atoms with Gasteiger partial charge in [-0.15, -0.1) is 0 Å². The fourth-order valence-corrected chi connectivity index (χ4v) is 2.02. The van der Waals surface area contributed by atoms with Crippen LogP contribution in [0.15, 0.2) is 18.2 Å². The van der Waals surface area contributed by atoms with Crippen LogP contribution in [0.25, 0.3) is 0 Å². The summed E-state index contributed by atoms with van der Waals surface area (Å²) >= 11 is 5.90. The molecule has 1 aromatic rings. The van der Waals surface area contributed by atoms with Crippen molar-refractivity contribution in [3.8, 4) is 0 Å². The van der Waals surface area contributed by atoms with Crippen molar-refractivity contribution in [2.45, 2.75) is 18.5 Å². The van der Waals surface area contributed by atoms with Crippen molar-refractivity contribution in [2.75, 3.05) is 20.3 Å². The van der Waals surface area contributed by atoms with Gasteiger partial charge in [-0.1, -0.05) is 11.6 Å². The van der Waals surface area contributed by atoms with E-state index in [1.54, 1.807) is 0 Å². The molecule has 5 heteroatoms. The van der Waals surface area contributed by atoms with Crippen LogP contribution in [0.3, 0.4) is 0 Å². The Hall–Kier alpha value is -0.710. The van der Waals surface area contributed by atoms with Crippen LogP contribution in [-0.4, -0.2) is 20.3 Å². The molecule has 2 N–H and O–H groups in total. The molecule has 0 aliphatic heterocycles. The van der Waals surface area contributed by atoms with E-state index >= 15 is 0 Å². The number of alkyl halides is 1. The molecule has 0 spiro atoms. The number of benzene rings is 1. The Morgan fingerprint density at radius 3 is 2.76 bits per heavy atom. The Bertz CT molecular complexity index is 376. The summed E-state index contributed by atoms with van der Waals surface area (Å²) in [5, 5.41) is 0.197. The molecule has 0 heterocycles. The van der Waals surface area contributed by atoms with Crippen molar-refractivity contribution in [3.63, 3.8) is 0 Å². The molecule has 0 aliphatic carbocycles. The fraction of sp³-hybridized carbons (Fsp3) is 0.500. The van der Waals surface area contributed by atoms with E-state index in [-0.39, 0.29) is 23.6 Å². The Labute approximate surface area is 105 Å². The molecule has 0 fully saturated rings. The van der Waals surface area contributed by atoms with Crippen LogP contribution in [0.5, 0.6) is 0 Å². The molecule has 0 saturated carbocycles. The molecule has 0 bridgehead atoms. The van der Waals surface area contributed by atoms with Crippen LogP contribution < -0.4 is 5.73 Å². The minimum absolute atomic E-state index is 0.120. The highest BCUT2D eigenvalue weighted by atomic mass is 35.5. The Balaban J connectivity index is 3.07. The van der Waals surface area contributed by atoms with Crippen molar-refractivity contribution < 1.29 is 13.5 Å². The zero-order chi connectivity index (χ0) is 12.9. The Kier molecular flexibility index (Phi) is 5.31. The van der Waals surface area contributed by atoms with Gasteiger partial charge in [0.1, 0.15) is 5.82 Å². The summed E-state index contributed by atoms with van der Waals surface area (Å²) in [5.74, 6) is -0.518. The highest BCUT2D eigenvalue weighted by Crippen LogP contribution is 2.36. The second-order valence-electron chi connectivity index (χ2n) is 3.91. The van der Waals surface area contributed by atoms with E-state index in [0.717, 1.165) is 6.07 Å². The van der Waals surface area contributed by atoms with Crippen molar-refractivity contribution in [1.29, 1.82) is 0 Å². The molecule has 0 aliphatic rings. The predicted octanol–water partition coefficient (Wildman–Crippen LogP) is 3.03. The number of hydrogen-bond acceptors (Lipinski definition) is 2. The lowest BCUT2D eigenvalue weighted by molar-refractivity contribution is 0.0302. The molecule has 2 nitrogen and oxygen atoms in total. The van der Waals surface area contributed by atoms with E-state index in [1.165, 1.54) is 19.2 Å². The van der Waals surface area contributed by atoms with Gasteiger partial charge in [0.15, 0.2) is 5.67 Å². The van der Waals surface area contributed by atoms with Crippen molar-refractivity contribution in [2.24, 2.45) is 5.73 Å². The fourth-order valence-electron chi connectivity index (χ4n) is 1.74. The van der Waals surface area contributed by atoms with Crippen molar-refractivity contribution >= 4 is 11.6 Å². The van der Waals surface area contributed by atoms with Gasteiger partial charge in [-0.05, 0) is 37.6 Å². The molecule has 96 valence electrons. The predicted molar refractivity (Wildman–Crippen MR) is 64.4 cm³/mol. The average Bonchev–Trinajstić information content (AvgIpc) is 2.30. The average molecular weight is 264 g/mol. The van der Waals surface area contributed by atoms with Crippen molar-refractivity contribution in [1.82, 2.24) is 0 Å². The Morgan fingerprint density at radius 1 is 1.47 bits per heavy atom. The molecule has 0 radical (unpaired) electrons. The molecule has 0 aromatic heterocycles. The number of methoxy groups -OCH3 is 1. The van der Waals surface area contributed by atoms with Crippen LogP contribution in [0, 0.1) is 5.82 Å². The summed E-state index contributed by atoms with van der Waals surface area (Å²) in [5.41, 5.74) is 3.68. The normalized spacial score (nSPS) is 14.6. The quantitative estimate of drug-likeness (QED) is 0.856. The van der Waals surface area contributed by atoms with Crippen molar-refractivity contribution in [3.05, 3.63) is 34.6 Å². The van der Waals surface area contributed by atoms with E-state index in [0.29, 0.717) is 13.0 Å². The lowest BCUT2D eigenvalue weighted by Crippen LogP contribution is -2.27. The van der Waals surface area contributed by atoms with Crippen LogP contribution in [0.4, 0.5) is 8.78 Å². The second-order valence-corrected chi connectivity index (χ2v) is 4.32. The molecule has 1 rings (SSSR count). The van der Waals surface area contributed by atoms with Gasteiger partial charge < -0.3 is 10.5 Å². The lowest BCUT2D eigenvalue weighted by Gasteiger charge is -2.26. The molecule has 1 atom stereocenters. The number of ether oxygens (including phenoxy) is 1. The third-order valence-electron chi connectivity index (χ3n) is 2.56. The summed E-state index contributed by atoms with van der Waals surface area (Å²) in [7, 11) is 1.39. The van der Waals surface area contributed by atoms with E-state index in [9.17, 15) is 8.78 Å². The summed E-state index contributed by atoms with van der Waals surface area (Å²) in [6.07, 6.45) is 0.632. The Morgan fingerprint density at radius 2 is 2.18 bits per heavy atom. The van der Waals surface area contributed by atoms with E-state index in [2.05, 4.69) is 0 Å². The first-order valence-corrected chi connectivity index (χ1v) is 5.75. The number of halogens is 3. The van der Waals surface area contributed by atoms with Gasteiger partial charge in [0.05, 0.1) is 6.61 Å². The summed E-state index contributed by atoms with van der Waals surface area (Å²) in [6.45, 7) is 0.193. The standard InChI is InChI=1S/C12H16ClF2NO/c1-17-8-12(15,5-2-6-16)10-7-9(14)3-4-11(10)13/h3-4,7H,2,5-6,8,16H2,1H3. The lowest BCUT2D eigenvalue weighted by atomic mass is 9.91. The maximum atomic E-state index is 14.7. The highest BCUT2D eigenvalue weighted by molar-refractivity contribution is 6.31. The first-order chi connectivity index (χ1) is 8.03. The smallest absolute Gasteiger partial charge is 0.160 e. The molecule has 17 heavy (non-hydrogen) atoms. The third-order valence-corrected chi connectivity index (χ3v) is 2.89. The van der Waals surface area contributed by atoms with E-state index in [1.807, 2.05) is 0 Å². The topological polar surface area (TPSA) is 35.2 Å². The number of hydrogen-bond donors (Lipinski definition) is 1. The minimum atomic E-state index is -1.80. The second kappa shape index (κ2) is 6.28. The largest absolute Gasteiger partial charge is 0.381 e. The summed E-state index contributed by atoms with van der Waals surface area (Å²) in [4.78, 5) is 0. The molecule has 1 aromatic carbocycles. The zero-order valence-corrected chi connectivity index (χ0v) is 10.4. The first kappa shape index (κ1) is 14.4. The molecule has 1 unspecified atom stereocenters. The monoisotopic (exact) mass is 263 g/mol. The SMILES string of the molecule is COCC(F)(CCCN)c1cc(F)ccc1Cl. The molecular formula is C12H16ClF2NO. The minimum Gasteiger partial charge on any atom is -0.381 e. The van der Waals surface area contributed by atoms with Crippen LogP contribution >= 0.6 is 11.6 Å². The number of rotatable bonds is 6. The summed E-state index contributed by atoms with van der Waals surface area (Å²) < 4.78 is 32.7. The highest BCUT2D eigenvalue weighted by Gasteiger charge is 2.33. The molecular weight excluding hydrogens is 248 g/mol. The van der Waals surface area contributed by atoms with Gasteiger partial charge in [-0.3, -0.25) is 0 Å². The van der Waals surface area contributed by atoms with Crippen LogP contribution in [0.2, 0.25) is 5.02 Å². The summed E-state index contributed by atoms with van der Waals surface area (Å²) in [6, 6.07) is 3.65. The molecule has 0 amide bonds. The van der Waals surface area contributed by atoms with Crippen LogP contribution in [-0.2, 0) is 10.4 Å². The van der Waals surface area contributed by atoms with Crippen LogP contribution in [0.1, 0.15) is 18.4 Å². The maximum Gasteiger partial charge on any atom is 0.160 e. The number of nitrogens with two attached hydrogens (primary N) is 1. The molecule has 0 saturated heterocycles. The van der Waals surface area contributed by atoms with Gasteiger partial charge in [0.25, 0.3) is 0 Å². The first-order valence-electron chi connectivity index (χ1n) is 5.37. The maximum absolute atomic E-state index is 14.7.